The van der Waals surface area contributed by atoms with Gasteiger partial charge in [-0.15, -0.1) is 0 Å². The minimum atomic E-state index is -0.265. The fourth-order valence-corrected chi connectivity index (χ4v) is 1.51. The molecule has 0 saturated carbocycles. The monoisotopic (exact) mass is 262 g/mol. The SMILES string of the molecule is CC(N)c1nc(COc2cccc(N(C)C)c2)no1. The highest BCUT2D eigenvalue weighted by atomic mass is 16.5. The van der Waals surface area contributed by atoms with Crippen LogP contribution < -0.4 is 15.4 Å². The normalized spacial score (nSPS) is 12.2. The van der Waals surface area contributed by atoms with Gasteiger partial charge in [0.1, 0.15) is 5.75 Å². The summed E-state index contributed by atoms with van der Waals surface area (Å²) in [5.41, 5.74) is 6.72. The minimum Gasteiger partial charge on any atom is -0.485 e. The number of hydrogen-bond donors (Lipinski definition) is 1. The third-order valence-electron chi connectivity index (χ3n) is 2.58. The van der Waals surface area contributed by atoms with Crippen LogP contribution in [0, 0.1) is 0 Å². The van der Waals surface area contributed by atoms with Gasteiger partial charge in [0.15, 0.2) is 6.61 Å². The van der Waals surface area contributed by atoms with Gasteiger partial charge in [0.2, 0.25) is 11.7 Å². The molecule has 19 heavy (non-hydrogen) atoms. The topological polar surface area (TPSA) is 77.4 Å². The Kier molecular flexibility index (Phi) is 4.01. The Hall–Kier alpha value is -2.08. The lowest BCUT2D eigenvalue weighted by Gasteiger charge is -2.13. The fourth-order valence-electron chi connectivity index (χ4n) is 1.51. The van der Waals surface area contributed by atoms with Crippen LogP contribution in [0.15, 0.2) is 28.8 Å². The van der Waals surface area contributed by atoms with E-state index in [0.29, 0.717) is 11.7 Å². The second kappa shape index (κ2) is 5.71. The molecule has 0 aliphatic rings. The van der Waals surface area contributed by atoms with Crippen LogP contribution in [-0.2, 0) is 6.61 Å². The van der Waals surface area contributed by atoms with Crippen molar-refractivity contribution in [3.63, 3.8) is 0 Å². The number of ether oxygens (including phenoxy) is 1. The molecule has 0 aliphatic heterocycles. The summed E-state index contributed by atoms with van der Waals surface area (Å²) in [5.74, 6) is 1.67. The number of aromatic nitrogens is 2. The van der Waals surface area contributed by atoms with Crippen LogP contribution in [0.25, 0.3) is 0 Å². The maximum atomic E-state index is 5.64. The van der Waals surface area contributed by atoms with Gasteiger partial charge in [0.25, 0.3) is 0 Å². The van der Waals surface area contributed by atoms with Gasteiger partial charge in [-0.05, 0) is 19.1 Å². The van der Waals surface area contributed by atoms with Crippen molar-refractivity contribution in [3.05, 3.63) is 36.0 Å². The van der Waals surface area contributed by atoms with E-state index in [0.717, 1.165) is 11.4 Å². The van der Waals surface area contributed by atoms with E-state index >= 15 is 0 Å². The molecule has 1 heterocycles. The van der Waals surface area contributed by atoms with Crippen molar-refractivity contribution in [2.45, 2.75) is 19.6 Å². The highest BCUT2D eigenvalue weighted by molar-refractivity contribution is 5.49. The maximum Gasteiger partial charge on any atom is 0.243 e. The molecular formula is C13H18N4O2. The van der Waals surface area contributed by atoms with E-state index in [1.165, 1.54) is 0 Å². The van der Waals surface area contributed by atoms with Crippen molar-refractivity contribution in [1.29, 1.82) is 0 Å². The number of benzene rings is 1. The second-order valence-electron chi connectivity index (χ2n) is 4.52. The maximum absolute atomic E-state index is 5.64. The summed E-state index contributed by atoms with van der Waals surface area (Å²) < 4.78 is 10.6. The van der Waals surface area contributed by atoms with E-state index in [1.54, 1.807) is 6.92 Å². The van der Waals surface area contributed by atoms with Gasteiger partial charge in [-0.2, -0.15) is 4.98 Å². The molecule has 0 fully saturated rings. The minimum absolute atomic E-state index is 0.257. The van der Waals surface area contributed by atoms with Crippen LogP contribution in [0.2, 0.25) is 0 Å². The van der Waals surface area contributed by atoms with E-state index < -0.39 is 0 Å². The second-order valence-corrected chi connectivity index (χ2v) is 4.52. The van der Waals surface area contributed by atoms with Crippen molar-refractivity contribution < 1.29 is 9.26 Å². The van der Waals surface area contributed by atoms with Crippen molar-refractivity contribution in [3.8, 4) is 5.75 Å². The molecule has 6 nitrogen and oxygen atoms in total. The van der Waals surface area contributed by atoms with Gasteiger partial charge < -0.3 is 19.9 Å². The van der Waals surface area contributed by atoms with Crippen LogP contribution in [0.5, 0.6) is 5.75 Å². The largest absolute Gasteiger partial charge is 0.485 e. The van der Waals surface area contributed by atoms with Gasteiger partial charge in [-0.1, -0.05) is 11.2 Å². The summed E-state index contributed by atoms with van der Waals surface area (Å²) in [4.78, 5) is 6.15. The lowest BCUT2D eigenvalue weighted by atomic mass is 10.3. The molecule has 0 radical (unpaired) electrons. The van der Waals surface area contributed by atoms with Gasteiger partial charge in [-0.25, -0.2) is 0 Å². The standard InChI is InChI=1S/C13H18N4O2/c1-9(14)13-15-12(16-19-13)8-18-11-6-4-5-10(7-11)17(2)3/h4-7,9H,8,14H2,1-3H3. The average molecular weight is 262 g/mol. The quantitative estimate of drug-likeness (QED) is 0.884. The van der Waals surface area contributed by atoms with E-state index in [-0.39, 0.29) is 12.6 Å². The van der Waals surface area contributed by atoms with E-state index in [4.69, 9.17) is 15.0 Å². The summed E-state index contributed by atoms with van der Waals surface area (Å²) in [7, 11) is 3.96. The molecule has 6 heteroatoms. The lowest BCUT2D eigenvalue weighted by molar-refractivity contribution is 0.284. The zero-order valence-corrected chi connectivity index (χ0v) is 11.3. The molecule has 1 aromatic carbocycles. The highest BCUT2D eigenvalue weighted by Gasteiger charge is 2.10. The molecule has 102 valence electrons. The van der Waals surface area contributed by atoms with Crippen LogP contribution in [-0.4, -0.2) is 24.2 Å². The zero-order valence-electron chi connectivity index (χ0n) is 11.3. The summed E-state index contributed by atoms with van der Waals surface area (Å²) in [6.07, 6.45) is 0. The van der Waals surface area contributed by atoms with Crippen molar-refractivity contribution in [1.82, 2.24) is 10.1 Å². The Bertz CT molecular complexity index is 537. The number of hydrogen-bond acceptors (Lipinski definition) is 6. The number of anilines is 1. The van der Waals surface area contributed by atoms with Crippen LogP contribution in [0.4, 0.5) is 5.69 Å². The number of nitrogens with two attached hydrogens (primary N) is 1. The Labute approximate surface area is 112 Å². The smallest absolute Gasteiger partial charge is 0.243 e. The molecule has 0 bridgehead atoms. The number of nitrogens with zero attached hydrogens (tertiary/aromatic N) is 3. The fraction of sp³-hybridized carbons (Fsp3) is 0.385. The molecule has 2 aromatic rings. The van der Waals surface area contributed by atoms with E-state index in [2.05, 4.69) is 10.1 Å². The molecule has 2 N–H and O–H groups in total. The van der Waals surface area contributed by atoms with E-state index in [1.807, 2.05) is 43.3 Å². The first-order chi connectivity index (χ1) is 9.06. The Balaban J connectivity index is 1.99. The van der Waals surface area contributed by atoms with Crippen LogP contribution in [0.1, 0.15) is 24.7 Å². The Morgan fingerprint density at radius 2 is 2.21 bits per heavy atom. The molecule has 0 aliphatic carbocycles. The zero-order chi connectivity index (χ0) is 13.8. The first-order valence-electron chi connectivity index (χ1n) is 6.04. The molecular weight excluding hydrogens is 244 g/mol. The summed E-state index contributed by atoms with van der Waals surface area (Å²) in [6.45, 7) is 2.05. The molecule has 0 amide bonds. The molecule has 0 spiro atoms. The predicted octanol–water partition coefficient (Wildman–Crippen LogP) is 1.73. The van der Waals surface area contributed by atoms with Gasteiger partial charge in [0.05, 0.1) is 6.04 Å². The van der Waals surface area contributed by atoms with Crippen molar-refractivity contribution in [2.24, 2.45) is 5.73 Å². The first-order valence-corrected chi connectivity index (χ1v) is 6.04. The van der Waals surface area contributed by atoms with Crippen LogP contribution >= 0.6 is 0 Å². The number of rotatable bonds is 5. The van der Waals surface area contributed by atoms with Crippen molar-refractivity contribution in [2.75, 3.05) is 19.0 Å². The third-order valence-corrected chi connectivity index (χ3v) is 2.58. The van der Waals surface area contributed by atoms with Crippen LogP contribution in [0.3, 0.4) is 0 Å². The predicted molar refractivity (Wildman–Crippen MR) is 72.0 cm³/mol. The summed E-state index contributed by atoms with van der Waals surface area (Å²) >= 11 is 0. The van der Waals surface area contributed by atoms with Crippen molar-refractivity contribution >= 4 is 5.69 Å². The molecule has 1 atom stereocenters. The Morgan fingerprint density at radius 1 is 1.42 bits per heavy atom. The molecule has 0 saturated heterocycles. The Morgan fingerprint density at radius 3 is 2.84 bits per heavy atom. The van der Waals surface area contributed by atoms with Gasteiger partial charge in [0, 0.05) is 25.8 Å². The average Bonchev–Trinajstić information content (AvgIpc) is 2.85. The summed E-state index contributed by atoms with van der Waals surface area (Å²) in [6, 6.07) is 7.52. The molecule has 1 aromatic heterocycles. The molecule has 2 rings (SSSR count). The third kappa shape index (κ3) is 3.45. The van der Waals surface area contributed by atoms with E-state index in [9.17, 15) is 0 Å². The lowest BCUT2D eigenvalue weighted by Crippen LogP contribution is -2.08. The first kappa shape index (κ1) is 13.4. The summed E-state index contributed by atoms with van der Waals surface area (Å²) in [5, 5.41) is 3.81. The van der Waals surface area contributed by atoms with Gasteiger partial charge >= 0.3 is 0 Å². The molecule has 1 unspecified atom stereocenters. The highest BCUT2D eigenvalue weighted by Crippen LogP contribution is 2.20. The van der Waals surface area contributed by atoms with Gasteiger partial charge in [-0.3, -0.25) is 0 Å².